The van der Waals surface area contributed by atoms with Gasteiger partial charge in [-0.15, -0.1) is 0 Å². The van der Waals surface area contributed by atoms with Crippen molar-refractivity contribution in [2.45, 2.75) is 45.4 Å². The van der Waals surface area contributed by atoms with E-state index in [0.717, 1.165) is 5.56 Å². The fourth-order valence-electron chi connectivity index (χ4n) is 4.59. The molecule has 2 aliphatic heterocycles. The summed E-state index contributed by atoms with van der Waals surface area (Å²) in [6.07, 6.45) is 0.941. The third-order valence-electron chi connectivity index (χ3n) is 6.47. The van der Waals surface area contributed by atoms with Gasteiger partial charge in [0.05, 0.1) is 6.61 Å². The number of carbonyl (C=O) groups excluding carboxylic acids is 3. The van der Waals surface area contributed by atoms with E-state index in [1.54, 1.807) is 17.0 Å². The number of nitrogens with one attached hydrogen (secondary N) is 1. The van der Waals surface area contributed by atoms with E-state index in [1.807, 2.05) is 68.1 Å². The van der Waals surface area contributed by atoms with Gasteiger partial charge in [0.25, 0.3) is 5.91 Å². The maximum absolute atomic E-state index is 13.6. The zero-order chi connectivity index (χ0) is 23.6. The van der Waals surface area contributed by atoms with Crippen molar-refractivity contribution in [3.8, 4) is 0 Å². The Bertz CT molecular complexity index is 1010. The van der Waals surface area contributed by atoms with Crippen LogP contribution < -0.4 is 5.32 Å². The molecule has 2 saturated heterocycles. The average molecular weight is 450 g/mol. The van der Waals surface area contributed by atoms with Gasteiger partial charge < -0.3 is 15.0 Å². The lowest BCUT2D eigenvalue weighted by Crippen LogP contribution is -2.59. The molecule has 33 heavy (non-hydrogen) atoms. The number of hydrogen-bond donors (Lipinski definition) is 1. The van der Waals surface area contributed by atoms with Crippen molar-refractivity contribution in [1.82, 2.24) is 9.80 Å². The van der Waals surface area contributed by atoms with E-state index in [1.165, 1.54) is 0 Å². The molecule has 2 aromatic carbocycles. The van der Waals surface area contributed by atoms with E-state index in [-0.39, 0.29) is 30.2 Å². The van der Waals surface area contributed by atoms with Crippen LogP contribution in [0.3, 0.4) is 0 Å². The molecule has 0 unspecified atom stereocenters. The summed E-state index contributed by atoms with van der Waals surface area (Å²) >= 11 is 0. The first kappa shape index (κ1) is 23.0. The third kappa shape index (κ3) is 4.64. The normalized spacial score (nSPS) is 19.7. The van der Waals surface area contributed by atoms with Crippen LogP contribution in [0.25, 0.3) is 0 Å². The lowest BCUT2D eigenvalue weighted by Gasteiger charge is -2.44. The van der Waals surface area contributed by atoms with Gasteiger partial charge in [-0.1, -0.05) is 49.7 Å². The van der Waals surface area contributed by atoms with Gasteiger partial charge in [0.2, 0.25) is 11.8 Å². The van der Waals surface area contributed by atoms with Crippen molar-refractivity contribution < 1.29 is 19.1 Å². The lowest BCUT2D eigenvalue weighted by atomic mass is 9.95. The Morgan fingerprint density at radius 2 is 1.64 bits per heavy atom. The average Bonchev–Trinajstić information content (AvgIpc) is 3.19. The maximum atomic E-state index is 13.6. The fraction of sp³-hybridized carbons (Fsp3) is 0.423. The van der Waals surface area contributed by atoms with E-state index < -0.39 is 11.8 Å². The molecule has 4 rings (SSSR count). The number of hydrogen-bond acceptors (Lipinski definition) is 4. The molecule has 2 aliphatic rings. The van der Waals surface area contributed by atoms with Crippen LogP contribution in [0.4, 0.5) is 5.69 Å². The van der Waals surface area contributed by atoms with Crippen molar-refractivity contribution in [2.24, 2.45) is 5.92 Å². The minimum absolute atomic E-state index is 0.0846. The number of carbonyl (C=O) groups is 3. The molecule has 7 nitrogen and oxygen atoms in total. The quantitative estimate of drug-likeness (QED) is 0.776. The molecule has 0 radical (unpaired) electrons. The molecule has 1 atom stereocenters. The zero-order valence-electron chi connectivity index (χ0n) is 19.4. The molecule has 2 fully saturated rings. The highest BCUT2D eigenvalue weighted by Gasteiger charge is 2.54. The second-order valence-electron chi connectivity index (χ2n) is 9.15. The predicted molar refractivity (Wildman–Crippen MR) is 126 cm³/mol. The zero-order valence-corrected chi connectivity index (χ0v) is 19.4. The molecule has 2 heterocycles. The summed E-state index contributed by atoms with van der Waals surface area (Å²) in [6.45, 7) is 6.85. The van der Waals surface area contributed by atoms with Gasteiger partial charge in [0.1, 0.15) is 11.8 Å². The summed E-state index contributed by atoms with van der Waals surface area (Å²) in [5, 5.41) is 2.93. The number of amides is 3. The maximum Gasteiger partial charge on any atom is 0.256 e. The Morgan fingerprint density at radius 1 is 1.00 bits per heavy atom. The van der Waals surface area contributed by atoms with Gasteiger partial charge >= 0.3 is 0 Å². The van der Waals surface area contributed by atoms with E-state index in [4.69, 9.17) is 4.74 Å². The molecule has 174 valence electrons. The Balaban J connectivity index is 1.59. The second-order valence-corrected chi connectivity index (χ2v) is 9.15. The van der Waals surface area contributed by atoms with Crippen molar-refractivity contribution in [3.63, 3.8) is 0 Å². The molecule has 1 N–H and O–H groups in total. The summed E-state index contributed by atoms with van der Waals surface area (Å²) in [5.41, 5.74) is 1.38. The first-order chi connectivity index (χ1) is 15.8. The van der Waals surface area contributed by atoms with E-state index in [0.29, 0.717) is 37.2 Å². The molecule has 0 bridgehead atoms. The number of benzene rings is 2. The van der Waals surface area contributed by atoms with Crippen molar-refractivity contribution in [3.05, 3.63) is 65.7 Å². The Morgan fingerprint density at radius 3 is 2.24 bits per heavy atom. The molecule has 0 aliphatic carbocycles. The number of piperidine rings is 1. The van der Waals surface area contributed by atoms with Crippen LogP contribution in [0.5, 0.6) is 0 Å². The van der Waals surface area contributed by atoms with Gasteiger partial charge in [0, 0.05) is 43.1 Å². The van der Waals surface area contributed by atoms with Crippen molar-refractivity contribution in [1.29, 1.82) is 0 Å². The van der Waals surface area contributed by atoms with Crippen LogP contribution in [0.15, 0.2) is 54.6 Å². The topological polar surface area (TPSA) is 79.0 Å². The van der Waals surface area contributed by atoms with Crippen LogP contribution in [0.2, 0.25) is 0 Å². The van der Waals surface area contributed by atoms with Crippen molar-refractivity contribution >= 4 is 23.4 Å². The minimum Gasteiger partial charge on any atom is -0.353 e. The second kappa shape index (κ2) is 9.35. The number of rotatable bonds is 4. The van der Waals surface area contributed by atoms with Crippen LogP contribution >= 0.6 is 0 Å². The molecule has 2 aromatic rings. The van der Waals surface area contributed by atoms with Gasteiger partial charge in [-0.05, 0) is 31.2 Å². The van der Waals surface area contributed by atoms with Crippen LogP contribution in [-0.2, 0) is 14.3 Å². The highest BCUT2D eigenvalue weighted by Crippen LogP contribution is 2.39. The van der Waals surface area contributed by atoms with Gasteiger partial charge in [-0.3, -0.25) is 19.3 Å². The van der Waals surface area contributed by atoms with Gasteiger partial charge in [0.15, 0.2) is 0 Å². The summed E-state index contributed by atoms with van der Waals surface area (Å²) < 4.78 is 6.22. The number of nitrogens with zero attached hydrogens (tertiary/aromatic N) is 2. The van der Waals surface area contributed by atoms with E-state index in [2.05, 4.69) is 5.32 Å². The Kier molecular flexibility index (Phi) is 6.51. The molecular formula is C26H31N3O4. The molecular weight excluding hydrogens is 418 g/mol. The number of anilines is 1. The largest absolute Gasteiger partial charge is 0.353 e. The van der Waals surface area contributed by atoms with Gasteiger partial charge in [-0.25, -0.2) is 0 Å². The molecule has 3 amide bonds. The first-order valence-corrected chi connectivity index (χ1v) is 11.5. The highest BCUT2D eigenvalue weighted by molar-refractivity contribution is 6.02. The summed E-state index contributed by atoms with van der Waals surface area (Å²) in [4.78, 5) is 42.8. The smallest absolute Gasteiger partial charge is 0.256 e. The number of aryl methyl sites for hydroxylation is 1. The molecule has 0 saturated carbocycles. The first-order valence-electron chi connectivity index (χ1n) is 11.5. The van der Waals surface area contributed by atoms with Crippen LogP contribution in [0, 0.1) is 12.8 Å². The van der Waals surface area contributed by atoms with Crippen molar-refractivity contribution in [2.75, 3.05) is 25.0 Å². The van der Waals surface area contributed by atoms with E-state index in [9.17, 15) is 14.4 Å². The summed E-state index contributed by atoms with van der Waals surface area (Å²) in [5.74, 6) is -0.502. The number of likely N-dealkylation sites (tertiary alicyclic amines) is 1. The molecule has 0 aromatic heterocycles. The van der Waals surface area contributed by atoms with Crippen LogP contribution in [-0.4, -0.2) is 59.0 Å². The number of ether oxygens (including phenoxy) is 1. The Labute approximate surface area is 194 Å². The standard InChI is InChI=1S/C26H31N3O4/c1-18(2)24(31)28-15-13-26(14-16-28)29(25(32)20-7-5-4-6-8-20)22(17-33-26)23(30)27-21-11-9-19(3)10-12-21/h4-12,18,22H,13-17H2,1-3H3,(H,27,30)/t22-/m1/s1. The monoisotopic (exact) mass is 449 g/mol. The molecule has 1 spiro atoms. The van der Waals surface area contributed by atoms with Crippen LogP contribution in [0.1, 0.15) is 42.6 Å². The molecule has 7 heteroatoms. The SMILES string of the molecule is Cc1ccc(NC(=O)[C@H]2COC3(CCN(C(=O)C(C)C)CC3)N2C(=O)c2ccccc2)cc1. The summed E-state index contributed by atoms with van der Waals surface area (Å²) in [7, 11) is 0. The van der Waals surface area contributed by atoms with Gasteiger partial charge in [-0.2, -0.15) is 0 Å². The predicted octanol–water partition coefficient (Wildman–Crippen LogP) is 3.45. The third-order valence-corrected chi connectivity index (χ3v) is 6.47. The minimum atomic E-state index is -0.907. The lowest BCUT2D eigenvalue weighted by molar-refractivity contribution is -0.146. The Hall–Kier alpha value is -3.19. The highest BCUT2D eigenvalue weighted by atomic mass is 16.5. The summed E-state index contributed by atoms with van der Waals surface area (Å²) in [6, 6.07) is 15.8. The fourth-order valence-corrected chi connectivity index (χ4v) is 4.59. The van der Waals surface area contributed by atoms with E-state index >= 15 is 0 Å².